The Morgan fingerprint density at radius 1 is 1.61 bits per heavy atom. The molecular weight excluding hydrogens is 226 g/mol. The molecule has 1 N–H and O–H groups in total. The summed E-state index contributed by atoms with van der Waals surface area (Å²) < 4.78 is 5.69. The molecule has 1 heterocycles. The SMILES string of the molecule is CCOC1CC(Nc2cc(C#N)ccn2)C1(C)C. The minimum atomic E-state index is 0.0976. The van der Waals surface area contributed by atoms with Crippen LogP contribution in [0.2, 0.25) is 0 Å². The van der Waals surface area contributed by atoms with E-state index in [9.17, 15) is 0 Å². The second-order valence-electron chi connectivity index (χ2n) is 5.24. The normalized spacial score (nSPS) is 25.0. The second kappa shape index (κ2) is 4.95. The van der Waals surface area contributed by atoms with Gasteiger partial charge >= 0.3 is 0 Å². The average Bonchev–Trinajstić information content (AvgIpc) is 2.38. The van der Waals surface area contributed by atoms with Gasteiger partial charge in [0.15, 0.2) is 0 Å². The zero-order valence-electron chi connectivity index (χ0n) is 11.1. The number of rotatable bonds is 4. The van der Waals surface area contributed by atoms with Gasteiger partial charge in [-0.3, -0.25) is 0 Å². The van der Waals surface area contributed by atoms with Crippen LogP contribution in [0.1, 0.15) is 32.8 Å². The van der Waals surface area contributed by atoms with Crippen molar-refractivity contribution in [2.24, 2.45) is 5.41 Å². The van der Waals surface area contributed by atoms with Crippen molar-refractivity contribution in [3.63, 3.8) is 0 Å². The van der Waals surface area contributed by atoms with Gasteiger partial charge in [-0.2, -0.15) is 5.26 Å². The summed E-state index contributed by atoms with van der Waals surface area (Å²) in [6.07, 6.45) is 2.95. The first kappa shape index (κ1) is 12.8. The molecule has 1 fully saturated rings. The van der Waals surface area contributed by atoms with E-state index >= 15 is 0 Å². The average molecular weight is 245 g/mol. The topological polar surface area (TPSA) is 57.9 Å². The fourth-order valence-corrected chi connectivity index (χ4v) is 2.37. The van der Waals surface area contributed by atoms with Crippen LogP contribution in [0.4, 0.5) is 5.82 Å². The van der Waals surface area contributed by atoms with E-state index in [0.29, 0.717) is 17.7 Å². The molecule has 96 valence electrons. The van der Waals surface area contributed by atoms with Crippen LogP contribution in [0.15, 0.2) is 18.3 Å². The molecule has 0 bridgehead atoms. The molecule has 0 radical (unpaired) electrons. The van der Waals surface area contributed by atoms with Gasteiger partial charge in [0, 0.05) is 24.3 Å². The Bertz CT molecular complexity index is 464. The highest BCUT2D eigenvalue weighted by Crippen LogP contribution is 2.44. The number of aromatic nitrogens is 1. The molecule has 1 aliphatic carbocycles. The third-order valence-electron chi connectivity index (χ3n) is 3.76. The Labute approximate surface area is 108 Å². The maximum absolute atomic E-state index is 8.86. The van der Waals surface area contributed by atoms with Crippen LogP contribution in [-0.4, -0.2) is 23.7 Å². The number of pyridine rings is 1. The van der Waals surface area contributed by atoms with Gasteiger partial charge in [-0.1, -0.05) is 13.8 Å². The molecular formula is C14H19N3O. The highest BCUT2D eigenvalue weighted by atomic mass is 16.5. The molecule has 4 heteroatoms. The first-order chi connectivity index (χ1) is 8.57. The summed E-state index contributed by atoms with van der Waals surface area (Å²) >= 11 is 0. The fourth-order valence-electron chi connectivity index (χ4n) is 2.37. The minimum Gasteiger partial charge on any atom is -0.378 e. The van der Waals surface area contributed by atoms with Crippen molar-refractivity contribution in [1.82, 2.24) is 4.98 Å². The summed E-state index contributed by atoms with van der Waals surface area (Å²) in [5, 5.41) is 12.2. The molecule has 2 unspecified atom stereocenters. The number of ether oxygens (including phenoxy) is 1. The summed E-state index contributed by atoms with van der Waals surface area (Å²) in [6.45, 7) is 7.17. The Kier molecular flexibility index (Phi) is 3.53. The summed E-state index contributed by atoms with van der Waals surface area (Å²) in [5.41, 5.74) is 0.728. The van der Waals surface area contributed by atoms with Crippen molar-refractivity contribution in [2.75, 3.05) is 11.9 Å². The maximum Gasteiger partial charge on any atom is 0.127 e. The third-order valence-corrected chi connectivity index (χ3v) is 3.76. The Balaban J connectivity index is 2.01. The van der Waals surface area contributed by atoms with Crippen LogP contribution in [0, 0.1) is 16.7 Å². The summed E-state index contributed by atoms with van der Waals surface area (Å²) in [7, 11) is 0. The van der Waals surface area contributed by atoms with Gasteiger partial charge in [-0.05, 0) is 25.5 Å². The Morgan fingerprint density at radius 3 is 3.00 bits per heavy atom. The van der Waals surface area contributed by atoms with E-state index in [0.717, 1.165) is 18.8 Å². The Hall–Kier alpha value is -1.60. The van der Waals surface area contributed by atoms with Gasteiger partial charge in [0.05, 0.1) is 17.7 Å². The lowest BCUT2D eigenvalue weighted by Gasteiger charge is -2.51. The van der Waals surface area contributed by atoms with Crippen molar-refractivity contribution in [2.45, 2.75) is 39.3 Å². The molecule has 1 aliphatic rings. The standard InChI is InChI=1S/C14H19N3O/c1-4-18-12-8-11(14(12,2)3)17-13-7-10(9-15)5-6-16-13/h5-7,11-12H,4,8H2,1-3H3,(H,16,17). The van der Waals surface area contributed by atoms with Crippen molar-refractivity contribution in [3.8, 4) is 6.07 Å². The van der Waals surface area contributed by atoms with E-state index in [2.05, 4.69) is 30.2 Å². The van der Waals surface area contributed by atoms with Gasteiger partial charge in [-0.15, -0.1) is 0 Å². The molecule has 0 saturated heterocycles. The summed E-state index contributed by atoms with van der Waals surface area (Å²) in [4.78, 5) is 4.24. The molecule has 1 saturated carbocycles. The van der Waals surface area contributed by atoms with E-state index in [1.165, 1.54) is 0 Å². The van der Waals surface area contributed by atoms with Crippen molar-refractivity contribution >= 4 is 5.82 Å². The zero-order valence-corrected chi connectivity index (χ0v) is 11.1. The first-order valence-corrected chi connectivity index (χ1v) is 6.32. The van der Waals surface area contributed by atoms with E-state index in [1.54, 1.807) is 18.3 Å². The number of nitrogens with one attached hydrogen (secondary N) is 1. The molecule has 18 heavy (non-hydrogen) atoms. The van der Waals surface area contributed by atoms with Gasteiger partial charge in [0.2, 0.25) is 0 Å². The maximum atomic E-state index is 8.86. The minimum absolute atomic E-state index is 0.0976. The monoisotopic (exact) mass is 245 g/mol. The van der Waals surface area contributed by atoms with Crippen LogP contribution < -0.4 is 5.32 Å². The molecule has 0 amide bonds. The molecule has 2 rings (SSSR count). The highest BCUT2D eigenvalue weighted by molar-refractivity contribution is 5.44. The molecule has 0 spiro atoms. The van der Waals surface area contributed by atoms with Crippen molar-refractivity contribution in [3.05, 3.63) is 23.9 Å². The second-order valence-corrected chi connectivity index (χ2v) is 5.24. The summed E-state index contributed by atoms with van der Waals surface area (Å²) in [5.74, 6) is 0.766. The quantitative estimate of drug-likeness (QED) is 0.885. The van der Waals surface area contributed by atoms with Gasteiger partial charge in [0.1, 0.15) is 5.82 Å². The largest absolute Gasteiger partial charge is 0.378 e. The van der Waals surface area contributed by atoms with E-state index < -0.39 is 0 Å². The molecule has 4 nitrogen and oxygen atoms in total. The van der Waals surface area contributed by atoms with E-state index in [1.807, 2.05) is 6.92 Å². The predicted octanol–water partition coefficient (Wildman–Crippen LogP) is 2.57. The van der Waals surface area contributed by atoms with Crippen LogP contribution in [-0.2, 0) is 4.74 Å². The van der Waals surface area contributed by atoms with Gasteiger partial charge in [-0.25, -0.2) is 4.98 Å². The molecule has 1 aromatic heterocycles. The molecule has 1 aromatic rings. The van der Waals surface area contributed by atoms with E-state index in [4.69, 9.17) is 10.00 Å². The number of anilines is 1. The van der Waals surface area contributed by atoms with Crippen LogP contribution in [0.5, 0.6) is 0 Å². The van der Waals surface area contributed by atoms with Crippen molar-refractivity contribution < 1.29 is 4.74 Å². The predicted molar refractivity (Wildman–Crippen MR) is 70.2 cm³/mol. The lowest BCUT2D eigenvalue weighted by Crippen LogP contribution is -2.58. The number of nitriles is 1. The van der Waals surface area contributed by atoms with Crippen molar-refractivity contribution in [1.29, 1.82) is 5.26 Å². The lowest BCUT2D eigenvalue weighted by atomic mass is 9.64. The summed E-state index contributed by atoms with van der Waals surface area (Å²) in [6, 6.07) is 5.96. The number of hydrogen-bond donors (Lipinski definition) is 1. The lowest BCUT2D eigenvalue weighted by molar-refractivity contribution is -0.0976. The smallest absolute Gasteiger partial charge is 0.127 e. The number of nitrogens with zero attached hydrogens (tertiary/aromatic N) is 2. The molecule has 0 aromatic carbocycles. The Morgan fingerprint density at radius 2 is 2.39 bits per heavy atom. The van der Waals surface area contributed by atoms with Crippen LogP contribution in [0.3, 0.4) is 0 Å². The highest BCUT2D eigenvalue weighted by Gasteiger charge is 2.48. The third kappa shape index (κ3) is 2.32. The van der Waals surface area contributed by atoms with E-state index in [-0.39, 0.29) is 5.41 Å². The fraction of sp³-hybridized carbons (Fsp3) is 0.571. The van der Waals surface area contributed by atoms with Crippen LogP contribution in [0.25, 0.3) is 0 Å². The van der Waals surface area contributed by atoms with Gasteiger partial charge in [0.25, 0.3) is 0 Å². The number of hydrogen-bond acceptors (Lipinski definition) is 4. The van der Waals surface area contributed by atoms with Gasteiger partial charge < -0.3 is 10.1 Å². The first-order valence-electron chi connectivity index (χ1n) is 6.32. The molecule has 2 atom stereocenters. The van der Waals surface area contributed by atoms with Crippen LogP contribution >= 0.6 is 0 Å². The molecule has 0 aliphatic heterocycles. The zero-order chi connectivity index (χ0) is 13.2.